The van der Waals surface area contributed by atoms with Crippen LogP contribution in [0.15, 0.2) is 42.5 Å². The van der Waals surface area contributed by atoms with E-state index in [0.29, 0.717) is 6.61 Å². The summed E-state index contributed by atoms with van der Waals surface area (Å²) in [5, 5.41) is 14.1. The van der Waals surface area contributed by atoms with E-state index >= 15 is 0 Å². The van der Waals surface area contributed by atoms with Gasteiger partial charge in [0, 0.05) is 26.1 Å². The molecule has 3 unspecified atom stereocenters. The van der Waals surface area contributed by atoms with Crippen LogP contribution in [0.4, 0.5) is 0 Å². The summed E-state index contributed by atoms with van der Waals surface area (Å²) >= 11 is 0. The van der Waals surface area contributed by atoms with Crippen molar-refractivity contribution in [1.82, 2.24) is 5.32 Å². The van der Waals surface area contributed by atoms with Crippen LogP contribution in [-0.2, 0) is 14.3 Å². The van der Waals surface area contributed by atoms with E-state index in [1.165, 1.54) is 12.5 Å². The number of nitrogens with one attached hydrogen (secondary N) is 1. The molecular weight excluding hydrogens is 306 g/mol. The molecule has 0 heterocycles. The zero-order chi connectivity index (χ0) is 17.1. The molecule has 0 bridgehead atoms. The summed E-state index contributed by atoms with van der Waals surface area (Å²) in [7, 11) is 1.51. The van der Waals surface area contributed by atoms with Crippen molar-refractivity contribution in [2.75, 3.05) is 13.7 Å². The minimum atomic E-state index is -1.02. The second-order valence-corrected chi connectivity index (χ2v) is 6.24. The topological polar surface area (TPSA) is 75.6 Å². The Hall–Kier alpha value is -2.40. The minimum absolute atomic E-state index is 0.143. The van der Waals surface area contributed by atoms with Crippen LogP contribution < -0.4 is 5.32 Å². The number of carboxylic acids is 1. The summed E-state index contributed by atoms with van der Waals surface area (Å²) in [4.78, 5) is 23.5. The van der Waals surface area contributed by atoms with E-state index in [1.807, 2.05) is 12.1 Å². The maximum atomic E-state index is 12.3. The molecule has 5 nitrogen and oxygen atoms in total. The van der Waals surface area contributed by atoms with E-state index in [4.69, 9.17) is 4.74 Å². The Morgan fingerprint density at radius 2 is 2.00 bits per heavy atom. The highest BCUT2D eigenvalue weighted by atomic mass is 16.5. The highest BCUT2D eigenvalue weighted by molar-refractivity contribution is 5.88. The molecule has 0 aliphatic heterocycles. The van der Waals surface area contributed by atoms with Crippen LogP contribution in [-0.4, -0.2) is 36.7 Å². The van der Waals surface area contributed by atoms with Crippen molar-refractivity contribution in [3.05, 3.63) is 48.0 Å². The molecule has 3 atom stereocenters. The van der Waals surface area contributed by atoms with Gasteiger partial charge in [0.2, 0.25) is 5.91 Å². The van der Waals surface area contributed by atoms with Crippen LogP contribution in [0.3, 0.4) is 0 Å². The van der Waals surface area contributed by atoms with Gasteiger partial charge < -0.3 is 15.2 Å². The summed E-state index contributed by atoms with van der Waals surface area (Å²) in [6.07, 6.45) is 1.03. The van der Waals surface area contributed by atoms with Crippen molar-refractivity contribution in [2.24, 2.45) is 5.92 Å². The number of carbonyl (C=O) groups is 2. The number of aliphatic carboxylic acids is 1. The molecule has 2 aromatic rings. The maximum Gasteiger partial charge on any atom is 0.326 e. The van der Waals surface area contributed by atoms with Crippen molar-refractivity contribution < 1.29 is 19.4 Å². The Bertz CT molecular complexity index is 758. The van der Waals surface area contributed by atoms with Gasteiger partial charge in [0.15, 0.2) is 0 Å². The lowest BCUT2D eigenvalue weighted by molar-refractivity contribution is -0.142. The molecule has 0 aromatic heterocycles. The van der Waals surface area contributed by atoms with E-state index in [2.05, 4.69) is 35.6 Å². The van der Waals surface area contributed by atoms with Crippen molar-refractivity contribution in [3.63, 3.8) is 0 Å². The Balaban J connectivity index is 1.64. The van der Waals surface area contributed by atoms with Crippen LogP contribution in [0.5, 0.6) is 0 Å². The normalized spacial score (nSPS) is 20.5. The second kappa shape index (κ2) is 7.01. The molecule has 0 radical (unpaired) electrons. The van der Waals surface area contributed by atoms with E-state index in [-0.39, 0.29) is 24.2 Å². The Morgan fingerprint density at radius 3 is 2.71 bits per heavy atom. The first-order valence-electron chi connectivity index (χ1n) is 8.11. The molecule has 24 heavy (non-hydrogen) atoms. The molecule has 2 aromatic carbocycles. The van der Waals surface area contributed by atoms with Crippen LogP contribution in [0.1, 0.15) is 24.3 Å². The predicted molar refractivity (Wildman–Crippen MR) is 90.9 cm³/mol. The van der Waals surface area contributed by atoms with Gasteiger partial charge in [-0.15, -0.1) is 0 Å². The number of benzene rings is 2. The van der Waals surface area contributed by atoms with Gasteiger partial charge in [-0.25, -0.2) is 4.79 Å². The van der Waals surface area contributed by atoms with Gasteiger partial charge in [-0.3, -0.25) is 4.79 Å². The van der Waals surface area contributed by atoms with E-state index < -0.39 is 12.0 Å². The van der Waals surface area contributed by atoms with Gasteiger partial charge in [0.05, 0.1) is 0 Å². The van der Waals surface area contributed by atoms with Gasteiger partial charge in [0.1, 0.15) is 6.04 Å². The molecule has 1 aliphatic carbocycles. The predicted octanol–water partition coefficient (Wildman–Crippen LogP) is 2.55. The van der Waals surface area contributed by atoms with Crippen molar-refractivity contribution in [3.8, 4) is 0 Å². The summed E-state index contributed by atoms with van der Waals surface area (Å²) in [6, 6.07) is 13.5. The van der Waals surface area contributed by atoms with Gasteiger partial charge in [-0.05, 0) is 28.7 Å². The molecule has 126 valence electrons. The summed E-state index contributed by atoms with van der Waals surface area (Å²) in [5.41, 5.74) is 1.14. The molecule has 2 N–H and O–H groups in total. The first-order valence-corrected chi connectivity index (χ1v) is 8.11. The second-order valence-electron chi connectivity index (χ2n) is 6.24. The van der Waals surface area contributed by atoms with E-state index in [0.717, 1.165) is 17.4 Å². The third-order valence-electron chi connectivity index (χ3n) is 4.55. The molecule has 1 amide bonds. The third-order valence-corrected chi connectivity index (χ3v) is 4.55. The van der Waals surface area contributed by atoms with Crippen LogP contribution in [0.25, 0.3) is 10.8 Å². The summed E-state index contributed by atoms with van der Waals surface area (Å²) < 4.78 is 4.90. The highest BCUT2D eigenvalue weighted by Gasteiger charge is 2.44. The van der Waals surface area contributed by atoms with Gasteiger partial charge in [0.25, 0.3) is 0 Å². The number of rotatable bonds is 7. The SMILES string of the molecule is COCCC(NC(=O)C1CC1c1ccc2ccccc2c1)C(=O)O. The lowest BCUT2D eigenvalue weighted by Gasteiger charge is -2.14. The lowest BCUT2D eigenvalue weighted by Crippen LogP contribution is -2.42. The zero-order valence-electron chi connectivity index (χ0n) is 13.6. The largest absolute Gasteiger partial charge is 0.480 e. The first-order chi connectivity index (χ1) is 11.6. The molecule has 0 saturated heterocycles. The average Bonchev–Trinajstić information content (AvgIpc) is 3.38. The third kappa shape index (κ3) is 3.57. The minimum Gasteiger partial charge on any atom is -0.480 e. The van der Waals surface area contributed by atoms with Gasteiger partial charge >= 0.3 is 5.97 Å². The number of amides is 1. The number of carbonyl (C=O) groups excluding carboxylic acids is 1. The fourth-order valence-electron chi connectivity index (χ4n) is 3.06. The molecular formula is C19H21NO4. The maximum absolute atomic E-state index is 12.3. The average molecular weight is 327 g/mol. The van der Waals surface area contributed by atoms with E-state index in [9.17, 15) is 14.7 Å². The lowest BCUT2D eigenvalue weighted by atomic mass is 10.0. The molecule has 5 heteroatoms. The molecule has 1 saturated carbocycles. The quantitative estimate of drug-likeness (QED) is 0.819. The number of fused-ring (bicyclic) bond motifs is 1. The van der Waals surface area contributed by atoms with E-state index in [1.54, 1.807) is 0 Å². The highest BCUT2D eigenvalue weighted by Crippen LogP contribution is 2.48. The Labute approximate surface area is 140 Å². The van der Waals surface area contributed by atoms with Gasteiger partial charge in [-0.2, -0.15) is 0 Å². The number of hydrogen-bond donors (Lipinski definition) is 2. The molecule has 3 rings (SSSR count). The molecule has 0 spiro atoms. The van der Waals surface area contributed by atoms with Gasteiger partial charge in [-0.1, -0.05) is 42.5 Å². The van der Waals surface area contributed by atoms with Crippen LogP contribution in [0, 0.1) is 5.92 Å². The van der Waals surface area contributed by atoms with Crippen molar-refractivity contribution >= 4 is 22.6 Å². The molecule has 1 fully saturated rings. The summed E-state index contributed by atoms with van der Waals surface area (Å²) in [5.74, 6) is -1.18. The Kier molecular flexibility index (Phi) is 4.81. The van der Waals surface area contributed by atoms with Crippen molar-refractivity contribution in [1.29, 1.82) is 0 Å². The van der Waals surface area contributed by atoms with Crippen LogP contribution >= 0.6 is 0 Å². The number of methoxy groups -OCH3 is 1. The number of carboxylic acid groups (broad SMARTS) is 1. The molecule has 1 aliphatic rings. The summed E-state index contributed by atoms with van der Waals surface area (Å²) in [6.45, 7) is 0.302. The first kappa shape index (κ1) is 16.5. The Morgan fingerprint density at radius 1 is 1.25 bits per heavy atom. The fourth-order valence-corrected chi connectivity index (χ4v) is 3.06. The smallest absolute Gasteiger partial charge is 0.326 e. The van der Waals surface area contributed by atoms with Crippen LogP contribution in [0.2, 0.25) is 0 Å². The standard InChI is InChI=1S/C19H21NO4/c1-24-9-8-17(19(22)23)20-18(21)16-11-15(16)14-7-6-12-4-2-3-5-13(12)10-14/h2-7,10,15-17H,8-9,11H2,1H3,(H,20,21)(H,22,23). The number of hydrogen-bond acceptors (Lipinski definition) is 3. The monoisotopic (exact) mass is 327 g/mol. The zero-order valence-corrected chi connectivity index (χ0v) is 13.6. The van der Waals surface area contributed by atoms with Crippen molar-refractivity contribution in [2.45, 2.75) is 24.8 Å². The number of ether oxygens (including phenoxy) is 1. The fraction of sp³-hybridized carbons (Fsp3) is 0.368.